The highest BCUT2D eigenvalue weighted by Gasteiger charge is 2.48. The van der Waals surface area contributed by atoms with Gasteiger partial charge in [-0.3, -0.25) is 14.5 Å². The zero-order chi connectivity index (χ0) is 27.4. The van der Waals surface area contributed by atoms with E-state index in [9.17, 15) is 23.5 Å². The minimum Gasteiger partial charge on any atom is -0.507 e. The van der Waals surface area contributed by atoms with Crippen LogP contribution in [0.15, 0.2) is 66.2 Å². The average molecular weight is 524 g/mol. The highest BCUT2D eigenvalue weighted by atomic mass is 19.1. The molecule has 0 aliphatic carbocycles. The van der Waals surface area contributed by atoms with E-state index in [0.29, 0.717) is 42.1 Å². The topological polar surface area (TPSA) is 85.3 Å². The highest BCUT2D eigenvalue weighted by molar-refractivity contribution is 6.51. The van der Waals surface area contributed by atoms with E-state index in [1.807, 2.05) is 6.92 Å². The van der Waals surface area contributed by atoms with Gasteiger partial charge in [-0.1, -0.05) is 13.0 Å². The van der Waals surface area contributed by atoms with Crippen LogP contribution in [0.2, 0.25) is 0 Å². The van der Waals surface area contributed by atoms with E-state index in [1.165, 1.54) is 7.11 Å². The fourth-order valence-corrected chi connectivity index (χ4v) is 4.29. The highest BCUT2D eigenvalue weighted by Crippen LogP contribution is 2.45. The number of nitrogens with zero attached hydrogens (tertiary/aromatic N) is 1. The number of aliphatic hydroxyl groups excluding tert-OH is 1. The van der Waals surface area contributed by atoms with Crippen LogP contribution in [0.3, 0.4) is 0 Å². The third kappa shape index (κ3) is 5.04. The number of anilines is 1. The summed E-state index contributed by atoms with van der Waals surface area (Å²) in [5.41, 5.74) is 0.0415. The summed E-state index contributed by atoms with van der Waals surface area (Å²) in [6.07, 6.45) is 0.816. The molecule has 1 amide bonds. The number of carbonyl (C=O) groups excluding carboxylic acids is 2. The molecule has 1 atom stereocenters. The molecule has 1 aliphatic heterocycles. The molecule has 1 fully saturated rings. The molecule has 7 nitrogen and oxygen atoms in total. The van der Waals surface area contributed by atoms with Crippen molar-refractivity contribution in [2.24, 2.45) is 0 Å². The molecule has 1 N–H and O–H groups in total. The largest absolute Gasteiger partial charge is 0.507 e. The molecule has 0 spiro atoms. The predicted molar refractivity (Wildman–Crippen MR) is 138 cm³/mol. The van der Waals surface area contributed by atoms with E-state index in [0.717, 1.165) is 23.5 Å². The van der Waals surface area contributed by atoms with Gasteiger partial charge in [0.15, 0.2) is 11.5 Å². The SMILES string of the molecule is CCCOc1ccc(/C(O)=C2\C(=O)C(=O)N(c3ccc(F)cc3F)C2c2ccc(OC)c(OCC)c2)cc1. The summed E-state index contributed by atoms with van der Waals surface area (Å²) < 4.78 is 45.2. The summed E-state index contributed by atoms with van der Waals surface area (Å²) in [4.78, 5) is 27.5. The molecule has 1 unspecified atom stereocenters. The molecule has 9 heteroatoms. The number of amides is 1. The fraction of sp³-hybridized carbons (Fsp3) is 0.241. The van der Waals surface area contributed by atoms with Gasteiger partial charge in [0, 0.05) is 11.6 Å². The quantitative estimate of drug-likeness (QED) is 0.217. The molecule has 3 aromatic rings. The van der Waals surface area contributed by atoms with E-state index >= 15 is 0 Å². The van der Waals surface area contributed by atoms with E-state index in [1.54, 1.807) is 49.4 Å². The predicted octanol–water partition coefficient (Wildman–Crippen LogP) is 5.79. The first-order valence-electron chi connectivity index (χ1n) is 12.1. The molecule has 0 aromatic heterocycles. The molecule has 3 aromatic carbocycles. The molecule has 0 radical (unpaired) electrons. The van der Waals surface area contributed by atoms with Crippen LogP contribution in [-0.4, -0.2) is 37.1 Å². The number of benzene rings is 3. The second-order valence-electron chi connectivity index (χ2n) is 8.48. The maximum absolute atomic E-state index is 14.9. The van der Waals surface area contributed by atoms with E-state index in [4.69, 9.17) is 14.2 Å². The van der Waals surface area contributed by atoms with Gasteiger partial charge in [-0.25, -0.2) is 8.78 Å². The van der Waals surface area contributed by atoms with Gasteiger partial charge in [0.25, 0.3) is 11.7 Å². The lowest BCUT2D eigenvalue weighted by Gasteiger charge is -2.26. The van der Waals surface area contributed by atoms with Crippen LogP contribution in [0, 0.1) is 11.6 Å². The number of carbonyl (C=O) groups is 2. The van der Waals surface area contributed by atoms with Crippen LogP contribution < -0.4 is 19.1 Å². The first-order chi connectivity index (χ1) is 18.3. The van der Waals surface area contributed by atoms with Gasteiger partial charge in [-0.15, -0.1) is 0 Å². The van der Waals surface area contributed by atoms with Crippen molar-refractivity contribution in [2.45, 2.75) is 26.3 Å². The van der Waals surface area contributed by atoms with E-state index < -0.39 is 35.1 Å². The summed E-state index contributed by atoms with van der Waals surface area (Å²) in [6.45, 7) is 4.57. The number of methoxy groups -OCH3 is 1. The Labute approximate surface area is 218 Å². The van der Waals surface area contributed by atoms with Crippen molar-refractivity contribution in [3.05, 3.63) is 89.0 Å². The van der Waals surface area contributed by atoms with Crippen molar-refractivity contribution in [2.75, 3.05) is 25.2 Å². The molecule has 0 saturated carbocycles. The van der Waals surface area contributed by atoms with Crippen molar-refractivity contribution in [1.82, 2.24) is 0 Å². The molecule has 0 bridgehead atoms. The summed E-state index contributed by atoms with van der Waals surface area (Å²) in [7, 11) is 1.46. The van der Waals surface area contributed by atoms with Crippen LogP contribution >= 0.6 is 0 Å². The van der Waals surface area contributed by atoms with Gasteiger partial charge in [0.2, 0.25) is 0 Å². The monoisotopic (exact) mass is 523 g/mol. The van der Waals surface area contributed by atoms with Crippen LogP contribution in [0.25, 0.3) is 5.76 Å². The first kappa shape index (κ1) is 26.7. The number of hydrogen-bond acceptors (Lipinski definition) is 6. The fourth-order valence-electron chi connectivity index (χ4n) is 4.29. The molecule has 198 valence electrons. The minimum atomic E-state index is -1.24. The molecule has 1 saturated heterocycles. The molecule has 1 aliphatic rings. The number of hydrogen-bond donors (Lipinski definition) is 1. The number of rotatable bonds is 9. The van der Waals surface area contributed by atoms with Crippen LogP contribution in [-0.2, 0) is 9.59 Å². The summed E-state index contributed by atoms with van der Waals surface area (Å²) in [5.74, 6) is -3.10. The Hall–Kier alpha value is -4.40. The lowest BCUT2D eigenvalue weighted by Crippen LogP contribution is -2.30. The van der Waals surface area contributed by atoms with Gasteiger partial charge >= 0.3 is 0 Å². The van der Waals surface area contributed by atoms with Gasteiger partial charge in [0.05, 0.1) is 37.6 Å². The number of aliphatic hydroxyl groups is 1. The zero-order valence-corrected chi connectivity index (χ0v) is 21.2. The standard InChI is InChI=1S/C29H27F2NO6/c1-4-14-38-20-10-6-17(7-11-20)27(33)25-26(18-8-13-23(36-3)24(15-18)37-5-2)32(29(35)28(25)34)22-12-9-19(30)16-21(22)31/h6-13,15-16,26,33H,4-5,14H2,1-3H3/b27-25+. The average Bonchev–Trinajstić information content (AvgIpc) is 3.17. The van der Waals surface area contributed by atoms with Crippen LogP contribution in [0.4, 0.5) is 14.5 Å². The maximum atomic E-state index is 14.9. The Morgan fingerprint density at radius 2 is 1.68 bits per heavy atom. The lowest BCUT2D eigenvalue weighted by molar-refractivity contribution is -0.132. The van der Waals surface area contributed by atoms with E-state index in [2.05, 4.69) is 0 Å². The lowest BCUT2D eigenvalue weighted by atomic mass is 9.94. The van der Waals surface area contributed by atoms with Crippen molar-refractivity contribution < 1.29 is 37.7 Å². The zero-order valence-electron chi connectivity index (χ0n) is 21.2. The number of Topliss-reactive ketones (excluding diaryl/α,β-unsaturated/α-hetero) is 1. The Morgan fingerprint density at radius 3 is 2.32 bits per heavy atom. The second kappa shape index (κ2) is 11.3. The Bertz CT molecular complexity index is 1390. The van der Waals surface area contributed by atoms with Gasteiger partial charge in [0.1, 0.15) is 23.1 Å². The number of halogens is 2. The van der Waals surface area contributed by atoms with Gasteiger partial charge in [-0.05, 0) is 67.4 Å². The third-order valence-electron chi connectivity index (χ3n) is 6.02. The number of ketones is 1. The van der Waals surface area contributed by atoms with Crippen molar-refractivity contribution in [1.29, 1.82) is 0 Å². The molecule has 1 heterocycles. The number of ether oxygens (including phenoxy) is 3. The Kier molecular flexibility index (Phi) is 7.95. The van der Waals surface area contributed by atoms with Crippen molar-refractivity contribution >= 4 is 23.1 Å². The smallest absolute Gasteiger partial charge is 0.300 e. The van der Waals surface area contributed by atoms with Crippen molar-refractivity contribution in [3.8, 4) is 17.2 Å². The van der Waals surface area contributed by atoms with Crippen LogP contribution in [0.1, 0.15) is 37.4 Å². The van der Waals surface area contributed by atoms with Gasteiger partial charge < -0.3 is 19.3 Å². The normalized spacial score (nSPS) is 16.6. The second-order valence-corrected chi connectivity index (χ2v) is 8.48. The summed E-state index contributed by atoms with van der Waals surface area (Å²) >= 11 is 0. The molecular weight excluding hydrogens is 496 g/mol. The molecular formula is C29H27F2NO6. The molecule has 38 heavy (non-hydrogen) atoms. The minimum absolute atomic E-state index is 0.256. The molecule has 4 rings (SSSR count). The van der Waals surface area contributed by atoms with E-state index in [-0.39, 0.29) is 16.8 Å². The Morgan fingerprint density at radius 1 is 0.947 bits per heavy atom. The summed E-state index contributed by atoms with van der Waals surface area (Å²) in [6, 6.07) is 12.6. The summed E-state index contributed by atoms with van der Waals surface area (Å²) in [5, 5.41) is 11.3. The van der Waals surface area contributed by atoms with Crippen LogP contribution in [0.5, 0.6) is 17.2 Å². The third-order valence-corrected chi connectivity index (χ3v) is 6.02. The maximum Gasteiger partial charge on any atom is 0.300 e. The van der Waals surface area contributed by atoms with Crippen molar-refractivity contribution in [3.63, 3.8) is 0 Å². The Balaban J connectivity index is 1.91. The first-order valence-corrected chi connectivity index (χ1v) is 12.1. The van der Waals surface area contributed by atoms with Gasteiger partial charge in [-0.2, -0.15) is 0 Å².